The molecule has 1 saturated carbocycles. The number of hydrogen-bond acceptors (Lipinski definition) is 10. The van der Waals surface area contributed by atoms with Crippen LogP contribution >= 0.6 is 7.82 Å². The number of esters is 1. The van der Waals surface area contributed by atoms with E-state index >= 15 is 0 Å². The standard InChI is InChI=1S/C44H82NO10P/c1-6-8-10-11-12-13-14-15-16-17-18-19-22-26-33-52-36-39(37-54-56(50,51)53-34-32-45(3,4)5)55-44(49)29-25-21-20-24-28-40-41(43(48)35-42(40)47)31-30-38(46)27-23-9-7-2/h26,30-31,33,38-41,43,46,48H,6-25,27-29,32,34-37H2,1-5H3/b31-30+,33-26+/t38-,39+,40+,41+,43+/m0/s1. The summed E-state index contributed by atoms with van der Waals surface area (Å²) in [5.41, 5.74) is 0. The van der Waals surface area contributed by atoms with Crippen LogP contribution in [0.2, 0.25) is 0 Å². The number of Topliss-reactive ketones (excluding diaryl/α,β-unsaturated/α-hetero) is 1. The number of nitrogens with zero attached hydrogens (tertiary/aromatic N) is 1. The predicted molar refractivity (Wildman–Crippen MR) is 223 cm³/mol. The molecule has 0 aromatic rings. The van der Waals surface area contributed by atoms with Gasteiger partial charge in [0, 0.05) is 24.7 Å². The average Bonchev–Trinajstić information content (AvgIpc) is 3.40. The smallest absolute Gasteiger partial charge is 0.306 e. The molecular formula is C44H82NO10P. The molecule has 0 amide bonds. The number of ether oxygens (including phenoxy) is 2. The summed E-state index contributed by atoms with van der Waals surface area (Å²) in [5.74, 6) is -0.948. The van der Waals surface area contributed by atoms with Crippen LogP contribution in [-0.4, -0.2) is 92.3 Å². The number of quaternary nitrogens is 1. The second-order valence-corrected chi connectivity index (χ2v) is 18.3. The largest absolute Gasteiger partial charge is 0.756 e. The predicted octanol–water partition coefficient (Wildman–Crippen LogP) is 9.13. The Hall–Kier alpha value is -1.59. The minimum absolute atomic E-state index is 0.0256. The van der Waals surface area contributed by atoms with Crippen molar-refractivity contribution in [2.45, 2.75) is 186 Å². The lowest BCUT2D eigenvalue weighted by molar-refractivity contribution is -0.870. The molecule has 11 nitrogen and oxygen atoms in total. The van der Waals surface area contributed by atoms with Crippen molar-refractivity contribution in [3.05, 3.63) is 24.5 Å². The third kappa shape index (κ3) is 28.8. The molecule has 2 N–H and O–H groups in total. The maximum Gasteiger partial charge on any atom is 0.306 e. The van der Waals surface area contributed by atoms with Crippen molar-refractivity contribution in [1.82, 2.24) is 0 Å². The van der Waals surface area contributed by atoms with Crippen molar-refractivity contribution in [1.29, 1.82) is 0 Å². The highest BCUT2D eigenvalue weighted by atomic mass is 31.2. The van der Waals surface area contributed by atoms with Crippen molar-refractivity contribution < 1.29 is 52.3 Å². The van der Waals surface area contributed by atoms with Crippen LogP contribution in [0.25, 0.3) is 0 Å². The van der Waals surface area contributed by atoms with Gasteiger partial charge in [0.1, 0.15) is 25.5 Å². The molecule has 0 aliphatic heterocycles. The van der Waals surface area contributed by atoms with Crippen LogP contribution in [0.5, 0.6) is 0 Å². The highest BCUT2D eigenvalue weighted by molar-refractivity contribution is 7.45. The number of carbonyl (C=O) groups excluding carboxylic acids is 2. The molecule has 0 spiro atoms. The van der Waals surface area contributed by atoms with Gasteiger partial charge in [0.15, 0.2) is 6.10 Å². The number of ketones is 1. The Kier molecular flexibility index (Phi) is 30.2. The van der Waals surface area contributed by atoms with E-state index in [1.165, 1.54) is 70.6 Å². The molecule has 1 aliphatic carbocycles. The molecule has 0 bridgehead atoms. The van der Waals surface area contributed by atoms with E-state index in [0.717, 1.165) is 51.4 Å². The zero-order valence-corrected chi connectivity index (χ0v) is 36.9. The summed E-state index contributed by atoms with van der Waals surface area (Å²) in [5, 5.41) is 20.8. The number of rotatable bonds is 37. The first-order valence-corrected chi connectivity index (χ1v) is 23.7. The van der Waals surface area contributed by atoms with Gasteiger partial charge in [-0.15, -0.1) is 0 Å². The van der Waals surface area contributed by atoms with E-state index in [0.29, 0.717) is 30.3 Å². The fourth-order valence-electron chi connectivity index (χ4n) is 6.94. The van der Waals surface area contributed by atoms with E-state index in [1.54, 1.807) is 12.3 Å². The van der Waals surface area contributed by atoms with Crippen LogP contribution in [0.4, 0.5) is 0 Å². The molecule has 1 rings (SSSR count). The Morgan fingerprint density at radius 1 is 0.857 bits per heavy atom. The van der Waals surface area contributed by atoms with Crippen molar-refractivity contribution in [3.8, 4) is 0 Å². The Balaban J connectivity index is 2.45. The van der Waals surface area contributed by atoms with E-state index in [2.05, 4.69) is 13.8 Å². The summed E-state index contributed by atoms with van der Waals surface area (Å²) in [7, 11) is 1.18. The van der Waals surface area contributed by atoms with Gasteiger partial charge < -0.3 is 38.1 Å². The summed E-state index contributed by atoms with van der Waals surface area (Å²) in [6.07, 6.45) is 28.9. The first-order valence-electron chi connectivity index (χ1n) is 22.2. The average molecular weight is 816 g/mol. The van der Waals surface area contributed by atoms with Crippen molar-refractivity contribution >= 4 is 19.6 Å². The monoisotopic (exact) mass is 816 g/mol. The molecule has 0 saturated heterocycles. The number of hydrogen-bond donors (Lipinski definition) is 2. The molecule has 56 heavy (non-hydrogen) atoms. The number of likely N-dealkylation sites (N-methyl/N-ethyl adjacent to an activating group) is 1. The van der Waals surface area contributed by atoms with Crippen molar-refractivity contribution in [2.75, 3.05) is 47.5 Å². The van der Waals surface area contributed by atoms with Gasteiger partial charge in [0.05, 0.1) is 46.2 Å². The van der Waals surface area contributed by atoms with Gasteiger partial charge in [-0.3, -0.25) is 14.2 Å². The topological polar surface area (TPSA) is 152 Å². The number of allylic oxidation sites excluding steroid dienone is 1. The lowest BCUT2D eigenvalue weighted by atomic mass is 9.88. The zero-order chi connectivity index (χ0) is 41.5. The third-order valence-electron chi connectivity index (χ3n) is 10.5. The molecule has 1 fully saturated rings. The number of unbranched alkanes of at least 4 members (excludes halogenated alkanes) is 17. The Labute approximate surface area is 341 Å². The summed E-state index contributed by atoms with van der Waals surface area (Å²) in [4.78, 5) is 37.8. The zero-order valence-electron chi connectivity index (χ0n) is 36.0. The quantitative estimate of drug-likeness (QED) is 0.0155. The number of carbonyl (C=O) groups is 2. The number of aliphatic hydroxyl groups is 2. The van der Waals surface area contributed by atoms with E-state index in [1.807, 2.05) is 33.3 Å². The lowest BCUT2D eigenvalue weighted by Crippen LogP contribution is -2.37. The van der Waals surface area contributed by atoms with Gasteiger partial charge in [-0.1, -0.05) is 135 Å². The number of phosphoric acid groups is 1. The molecule has 0 aromatic carbocycles. The van der Waals surface area contributed by atoms with Crippen LogP contribution in [0.1, 0.15) is 168 Å². The molecule has 328 valence electrons. The summed E-state index contributed by atoms with van der Waals surface area (Å²) in [6.45, 7) is 4.36. The SMILES string of the molecule is CCCCCCCCCCCCCC/C=C/OC[C@H](COP(=O)([O-])OCC[N+](C)(C)C)OC(=O)CCCCCC[C@H]1C(=O)C[C@@H](O)[C@@H]1/C=C/[C@@H](O)CCCCC. The minimum Gasteiger partial charge on any atom is -0.756 e. The van der Waals surface area contributed by atoms with Crippen LogP contribution in [0.15, 0.2) is 24.5 Å². The summed E-state index contributed by atoms with van der Waals surface area (Å²) < 4.78 is 34.3. The Bertz CT molecular complexity index is 1110. The summed E-state index contributed by atoms with van der Waals surface area (Å²) >= 11 is 0. The van der Waals surface area contributed by atoms with E-state index in [-0.39, 0.29) is 43.7 Å². The summed E-state index contributed by atoms with van der Waals surface area (Å²) in [6, 6.07) is 0. The molecule has 0 heterocycles. The molecule has 1 unspecified atom stereocenters. The van der Waals surface area contributed by atoms with E-state index in [9.17, 15) is 29.3 Å². The fourth-order valence-corrected chi connectivity index (χ4v) is 7.67. The van der Waals surface area contributed by atoms with Crippen LogP contribution < -0.4 is 4.89 Å². The number of phosphoric ester groups is 1. The Morgan fingerprint density at radius 2 is 1.45 bits per heavy atom. The maximum atomic E-state index is 12.8. The highest BCUT2D eigenvalue weighted by Gasteiger charge is 2.39. The lowest BCUT2D eigenvalue weighted by Gasteiger charge is -2.28. The second kappa shape index (κ2) is 32.3. The maximum absolute atomic E-state index is 12.8. The van der Waals surface area contributed by atoms with Gasteiger partial charge in [0.25, 0.3) is 7.82 Å². The Morgan fingerprint density at radius 3 is 2.09 bits per heavy atom. The molecule has 1 aliphatic rings. The van der Waals surface area contributed by atoms with Crippen LogP contribution in [0, 0.1) is 11.8 Å². The van der Waals surface area contributed by atoms with Gasteiger partial charge >= 0.3 is 5.97 Å². The van der Waals surface area contributed by atoms with Gasteiger partial charge in [-0.2, -0.15) is 0 Å². The molecule has 12 heteroatoms. The first-order chi connectivity index (χ1) is 26.8. The van der Waals surface area contributed by atoms with Gasteiger partial charge in [-0.25, -0.2) is 0 Å². The van der Waals surface area contributed by atoms with E-state index < -0.39 is 38.7 Å². The molecule has 0 radical (unpaired) electrons. The normalized spacial score (nSPS) is 19.9. The highest BCUT2D eigenvalue weighted by Crippen LogP contribution is 2.38. The molecule has 0 aromatic heterocycles. The molecule has 6 atom stereocenters. The third-order valence-corrected chi connectivity index (χ3v) is 11.4. The van der Waals surface area contributed by atoms with Gasteiger partial charge in [-0.05, 0) is 38.2 Å². The van der Waals surface area contributed by atoms with Gasteiger partial charge in [0.2, 0.25) is 0 Å². The number of aliphatic hydroxyl groups excluding tert-OH is 2. The van der Waals surface area contributed by atoms with E-state index in [4.69, 9.17) is 18.5 Å². The second-order valence-electron chi connectivity index (χ2n) is 16.9. The first kappa shape index (κ1) is 52.4. The van der Waals surface area contributed by atoms with Crippen LogP contribution in [-0.2, 0) is 32.7 Å². The minimum atomic E-state index is -4.60. The van der Waals surface area contributed by atoms with Crippen molar-refractivity contribution in [3.63, 3.8) is 0 Å². The fraction of sp³-hybridized carbons (Fsp3) is 0.864. The molecular weight excluding hydrogens is 733 g/mol. The van der Waals surface area contributed by atoms with Crippen molar-refractivity contribution in [2.24, 2.45) is 11.8 Å². The van der Waals surface area contributed by atoms with Crippen LogP contribution in [0.3, 0.4) is 0 Å².